The van der Waals surface area contributed by atoms with Crippen molar-refractivity contribution in [3.05, 3.63) is 65.7 Å². The lowest BCUT2D eigenvalue weighted by atomic mass is 9.89. The molecule has 21 heavy (non-hydrogen) atoms. The third-order valence-electron chi connectivity index (χ3n) is 4.28. The maximum Gasteiger partial charge on any atom is 0.0147 e. The maximum atomic E-state index is 3.72. The highest BCUT2D eigenvalue weighted by atomic mass is 32.2. The first-order chi connectivity index (χ1) is 10.4. The smallest absolute Gasteiger partial charge is 0.0147 e. The minimum absolute atomic E-state index is 0.575. The van der Waals surface area contributed by atoms with E-state index < -0.39 is 0 Å². The lowest BCUT2D eigenvalue weighted by Crippen LogP contribution is -2.35. The molecule has 110 valence electrons. The molecule has 0 saturated carbocycles. The van der Waals surface area contributed by atoms with Gasteiger partial charge in [0, 0.05) is 22.6 Å². The van der Waals surface area contributed by atoms with Crippen molar-refractivity contribution in [2.24, 2.45) is 0 Å². The molecule has 2 heteroatoms. The number of hydrogen-bond acceptors (Lipinski definition) is 2. The summed E-state index contributed by atoms with van der Waals surface area (Å²) in [6.45, 7) is 3.26. The number of nitrogens with one attached hydrogen (secondary N) is 1. The number of benzene rings is 2. The van der Waals surface area contributed by atoms with Crippen LogP contribution in [0.3, 0.4) is 0 Å². The van der Waals surface area contributed by atoms with Crippen LogP contribution in [0, 0.1) is 0 Å². The lowest BCUT2D eigenvalue weighted by Gasteiger charge is -2.25. The van der Waals surface area contributed by atoms with E-state index >= 15 is 0 Å². The van der Waals surface area contributed by atoms with Crippen LogP contribution < -0.4 is 5.32 Å². The zero-order valence-electron chi connectivity index (χ0n) is 12.6. The van der Waals surface area contributed by atoms with Gasteiger partial charge >= 0.3 is 0 Å². The second kappa shape index (κ2) is 7.15. The predicted octanol–water partition coefficient (Wildman–Crippen LogP) is 4.49. The molecule has 0 radical (unpaired) electrons. The van der Waals surface area contributed by atoms with Gasteiger partial charge in [0.1, 0.15) is 0 Å². The molecule has 3 rings (SSSR count). The molecule has 2 unspecified atom stereocenters. The van der Waals surface area contributed by atoms with E-state index in [1.807, 2.05) is 11.8 Å². The van der Waals surface area contributed by atoms with Crippen LogP contribution in [-0.4, -0.2) is 18.3 Å². The van der Waals surface area contributed by atoms with Crippen LogP contribution in [0.2, 0.25) is 0 Å². The van der Waals surface area contributed by atoms with Crippen molar-refractivity contribution in [2.45, 2.75) is 36.6 Å². The highest BCUT2D eigenvalue weighted by Crippen LogP contribution is 2.41. The molecule has 1 heterocycles. The minimum Gasteiger partial charge on any atom is -0.314 e. The molecule has 2 aromatic rings. The first kappa shape index (κ1) is 14.7. The van der Waals surface area contributed by atoms with E-state index in [2.05, 4.69) is 66.8 Å². The summed E-state index contributed by atoms with van der Waals surface area (Å²) >= 11 is 2.01. The average molecular weight is 297 g/mol. The summed E-state index contributed by atoms with van der Waals surface area (Å²) in [6, 6.07) is 20.3. The predicted molar refractivity (Wildman–Crippen MR) is 92.1 cm³/mol. The fraction of sp³-hybridized carbons (Fsp3) is 0.368. The summed E-state index contributed by atoms with van der Waals surface area (Å²) in [7, 11) is 0. The molecule has 1 N–H and O–H groups in total. The number of aryl methyl sites for hydroxylation is 1. The molecule has 0 bridgehead atoms. The van der Waals surface area contributed by atoms with E-state index in [0.717, 1.165) is 13.0 Å². The summed E-state index contributed by atoms with van der Waals surface area (Å²) < 4.78 is 0. The van der Waals surface area contributed by atoms with Gasteiger partial charge in [0.15, 0.2) is 0 Å². The van der Waals surface area contributed by atoms with Crippen molar-refractivity contribution in [3.63, 3.8) is 0 Å². The summed E-state index contributed by atoms with van der Waals surface area (Å²) in [6.07, 6.45) is 2.36. The first-order valence-corrected chi connectivity index (χ1v) is 8.86. The van der Waals surface area contributed by atoms with Crippen LogP contribution in [0.4, 0.5) is 0 Å². The maximum absolute atomic E-state index is 3.72. The Labute approximate surface area is 132 Å². The highest BCUT2D eigenvalue weighted by Gasteiger charge is 2.29. The quantitative estimate of drug-likeness (QED) is 0.843. The van der Waals surface area contributed by atoms with Crippen LogP contribution in [0.25, 0.3) is 0 Å². The van der Waals surface area contributed by atoms with Crippen LogP contribution in [0.1, 0.15) is 30.4 Å². The molecule has 0 fully saturated rings. The Bertz CT molecular complexity index is 567. The SMILES string of the molecule is CCNC(CCc1ccccc1)C1CSc2ccccc21. The van der Waals surface area contributed by atoms with Crippen molar-refractivity contribution in [1.29, 1.82) is 0 Å². The van der Waals surface area contributed by atoms with Crippen LogP contribution in [0.15, 0.2) is 59.5 Å². The zero-order chi connectivity index (χ0) is 14.5. The Morgan fingerprint density at radius 3 is 2.67 bits per heavy atom. The van der Waals surface area contributed by atoms with Crippen LogP contribution in [-0.2, 0) is 6.42 Å². The Hall–Kier alpha value is -1.25. The molecule has 0 saturated heterocycles. The summed E-state index contributed by atoms with van der Waals surface area (Å²) in [5.41, 5.74) is 2.99. The fourth-order valence-corrected chi connectivity index (χ4v) is 4.53. The highest BCUT2D eigenvalue weighted by molar-refractivity contribution is 7.99. The van der Waals surface area contributed by atoms with Gasteiger partial charge in [-0.1, -0.05) is 55.5 Å². The Balaban J connectivity index is 1.70. The molecule has 1 aliphatic rings. The van der Waals surface area contributed by atoms with Gasteiger partial charge in [0.25, 0.3) is 0 Å². The molecule has 0 spiro atoms. The number of fused-ring (bicyclic) bond motifs is 1. The van der Waals surface area contributed by atoms with Crippen molar-refractivity contribution in [1.82, 2.24) is 5.32 Å². The molecule has 1 nitrogen and oxygen atoms in total. The number of likely N-dealkylation sites (N-methyl/N-ethyl adjacent to an activating group) is 1. The average Bonchev–Trinajstić information content (AvgIpc) is 2.96. The normalized spacial score (nSPS) is 18.4. The van der Waals surface area contributed by atoms with Crippen molar-refractivity contribution in [2.75, 3.05) is 12.3 Å². The standard InChI is InChI=1S/C19H23NS/c1-2-20-18(13-12-15-8-4-3-5-9-15)17-14-21-19-11-7-6-10-16(17)19/h3-11,17-18,20H,2,12-14H2,1H3. The van der Waals surface area contributed by atoms with E-state index in [1.54, 1.807) is 5.56 Å². The number of rotatable bonds is 6. The summed E-state index contributed by atoms with van der Waals surface area (Å²) in [4.78, 5) is 1.48. The topological polar surface area (TPSA) is 12.0 Å². The van der Waals surface area contributed by atoms with Gasteiger partial charge in [0.05, 0.1) is 0 Å². The molecule has 2 atom stereocenters. The van der Waals surface area contributed by atoms with Gasteiger partial charge in [-0.3, -0.25) is 0 Å². The van der Waals surface area contributed by atoms with Gasteiger partial charge in [-0.25, -0.2) is 0 Å². The fourth-order valence-electron chi connectivity index (χ4n) is 3.20. The molecule has 0 aromatic heterocycles. The second-order valence-corrected chi connectivity index (χ2v) is 6.71. The van der Waals surface area contributed by atoms with Gasteiger partial charge in [-0.2, -0.15) is 0 Å². The van der Waals surface area contributed by atoms with E-state index in [1.165, 1.54) is 22.6 Å². The van der Waals surface area contributed by atoms with E-state index in [9.17, 15) is 0 Å². The third kappa shape index (κ3) is 3.50. The third-order valence-corrected chi connectivity index (χ3v) is 5.48. The Morgan fingerprint density at radius 1 is 1.10 bits per heavy atom. The van der Waals surface area contributed by atoms with Crippen molar-refractivity contribution < 1.29 is 0 Å². The molecular weight excluding hydrogens is 274 g/mol. The van der Waals surface area contributed by atoms with Crippen molar-refractivity contribution in [3.8, 4) is 0 Å². The van der Waals surface area contributed by atoms with Crippen LogP contribution in [0.5, 0.6) is 0 Å². The second-order valence-electron chi connectivity index (χ2n) is 5.64. The van der Waals surface area contributed by atoms with Gasteiger partial charge in [0.2, 0.25) is 0 Å². The van der Waals surface area contributed by atoms with E-state index in [-0.39, 0.29) is 0 Å². The van der Waals surface area contributed by atoms with E-state index in [4.69, 9.17) is 0 Å². The van der Waals surface area contributed by atoms with E-state index in [0.29, 0.717) is 12.0 Å². The molecular formula is C19H23NS. The number of hydrogen-bond donors (Lipinski definition) is 1. The first-order valence-electron chi connectivity index (χ1n) is 7.87. The van der Waals surface area contributed by atoms with Gasteiger partial charge in [-0.15, -0.1) is 11.8 Å². The van der Waals surface area contributed by atoms with Gasteiger partial charge < -0.3 is 5.32 Å². The number of thioether (sulfide) groups is 1. The van der Waals surface area contributed by atoms with Crippen LogP contribution >= 0.6 is 11.8 Å². The molecule has 2 aromatic carbocycles. The summed E-state index contributed by atoms with van der Waals surface area (Å²) in [5.74, 6) is 1.86. The minimum atomic E-state index is 0.575. The molecule has 0 aliphatic carbocycles. The summed E-state index contributed by atoms with van der Waals surface area (Å²) in [5, 5.41) is 3.72. The lowest BCUT2D eigenvalue weighted by molar-refractivity contribution is 0.438. The Kier molecular flexibility index (Phi) is 5.00. The monoisotopic (exact) mass is 297 g/mol. The van der Waals surface area contributed by atoms with Crippen molar-refractivity contribution >= 4 is 11.8 Å². The largest absolute Gasteiger partial charge is 0.314 e. The zero-order valence-corrected chi connectivity index (χ0v) is 13.4. The molecule has 1 aliphatic heterocycles. The van der Waals surface area contributed by atoms with Gasteiger partial charge in [-0.05, 0) is 36.6 Å². The molecule has 0 amide bonds. The Morgan fingerprint density at radius 2 is 1.86 bits per heavy atom.